The van der Waals surface area contributed by atoms with Gasteiger partial charge in [-0.1, -0.05) is 167 Å². The third-order valence-corrected chi connectivity index (χ3v) is 9.95. The SMILES string of the molecule is [2H]c1c([2H])c([2H])c(-c2ccc3c(c2)c2cc(-c4c([2H])c([2H])c([2H])c([2H])c4[2H])ccc2n3-c2cc(C(C)(C)c3ccccc3)cc(C(C)(C)c3ccccc3)c2)c([2H])c1[2H]. The zero-order valence-corrected chi connectivity index (χ0v) is 27.9. The topological polar surface area (TPSA) is 4.93 Å². The molecule has 1 aromatic heterocycles. The van der Waals surface area contributed by atoms with E-state index in [0.717, 1.165) is 39.0 Å². The van der Waals surface area contributed by atoms with Crippen LogP contribution in [0.2, 0.25) is 0 Å². The first kappa shape index (κ1) is 21.3. The fraction of sp³-hybridized carbons (Fsp3) is 0.125. The molecule has 0 amide bonds. The minimum atomic E-state index is -0.475. The molecule has 0 saturated heterocycles. The van der Waals surface area contributed by atoms with Crippen molar-refractivity contribution in [2.45, 2.75) is 38.5 Å². The van der Waals surface area contributed by atoms with Crippen LogP contribution >= 0.6 is 0 Å². The summed E-state index contributed by atoms with van der Waals surface area (Å²) in [5.74, 6) is 0. The second-order valence-corrected chi connectivity index (χ2v) is 13.5. The van der Waals surface area contributed by atoms with Crippen molar-refractivity contribution in [2.24, 2.45) is 0 Å². The minimum absolute atomic E-state index is 0.0686. The van der Waals surface area contributed by atoms with Crippen molar-refractivity contribution in [1.29, 1.82) is 0 Å². The fourth-order valence-electron chi connectivity index (χ4n) is 6.91. The van der Waals surface area contributed by atoms with Crippen LogP contribution in [0.1, 0.15) is 63.7 Å². The third-order valence-electron chi connectivity index (χ3n) is 9.95. The minimum Gasteiger partial charge on any atom is -0.309 e. The number of aromatic nitrogens is 1. The van der Waals surface area contributed by atoms with Crippen LogP contribution in [0.25, 0.3) is 49.7 Å². The average Bonchev–Trinajstić information content (AvgIpc) is 3.57. The molecule has 0 aliphatic carbocycles. The van der Waals surface area contributed by atoms with Crippen molar-refractivity contribution >= 4 is 21.8 Å². The van der Waals surface area contributed by atoms with Gasteiger partial charge in [-0.15, -0.1) is 0 Å². The molecule has 0 fully saturated rings. The van der Waals surface area contributed by atoms with Crippen molar-refractivity contribution in [3.05, 3.63) is 198 Å². The zero-order valence-electron chi connectivity index (χ0n) is 37.9. The van der Waals surface area contributed by atoms with E-state index in [0.29, 0.717) is 21.9 Å². The summed E-state index contributed by atoms with van der Waals surface area (Å²) in [7, 11) is 0. The van der Waals surface area contributed by atoms with Gasteiger partial charge in [-0.05, 0) is 80.9 Å². The van der Waals surface area contributed by atoms with Gasteiger partial charge in [-0.2, -0.15) is 0 Å². The largest absolute Gasteiger partial charge is 0.309 e. The first-order valence-corrected chi connectivity index (χ1v) is 16.5. The highest BCUT2D eigenvalue weighted by Gasteiger charge is 2.29. The maximum atomic E-state index is 8.77. The molecule has 49 heavy (non-hydrogen) atoms. The quantitative estimate of drug-likeness (QED) is 0.163. The van der Waals surface area contributed by atoms with E-state index in [9.17, 15) is 0 Å². The molecule has 7 aromatic carbocycles. The van der Waals surface area contributed by atoms with E-state index in [1.165, 1.54) is 0 Å². The molecule has 8 aromatic rings. The van der Waals surface area contributed by atoms with Crippen molar-refractivity contribution in [2.75, 3.05) is 0 Å². The lowest BCUT2D eigenvalue weighted by Crippen LogP contribution is -2.23. The van der Waals surface area contributed by atoms with Gasteiger partial charge in [0, 0.05) is 27.3 Å². The number of hydrogen-bond acceptors (Lipinski definition) is 0. The molecule has 0 saturated carbocycles. The Balaban J connectivity index is 1.48. The smallest absolute Gasteiger partial charge is 0.0629 e. The molecule has 0 unspecified atom stereocenters. The van der Waals surface area contributed by atoms with Crippen LogP contribution in [0.4, 0.5) is 0 Å². The number of benzene rings is 7. The van der Waals surface area contributed by atoms with Gasteiger partial charge in [0.25, 0.3) is 0 Å². The van der Waals surface area contributed by atoms with Gasteiger partial charge >= 0.3 is 0 Å². The summed E-state index contributed by atoms with van der Waals surface area (Å²) in [6.07, 6.45) is 0. The Bertz CT molecular complexity index is 2730. The summed E-state index contributed by atoms with van der Waals surface area (Å²) in [6, 6.07) is 34.4. The maximum absolute atomic E-state index is 8.77. The van der Waals surface area contributed by atoms with Gasteiger partial charge in [-0.3, -0.25) is 0 Å². The molecule has 0 aliphatic rings. The van der Waals surface area contributed by atoms with Crippen molar-refractivity contribution < 1.29 is 13.7 Å². The number of hydrogen-bond donors (Lipinski definition) is 0. The lowest BCUT2D eigenvalue weighted by atomic mass is 9.73. The van der Waals surface area contributed by atoms with Crippen LogP contribution in [0.15, 0.2) is 176 Å². The van der Waals surface area contributed by atoms with Crippen LogP contribution in [0, 0.1) is 0 Å². The van der Waals surface area contributed by atoms with Crippen molar-refractivity contribution in [1.82, 2.24) is 4.57 Å². The van der Waals surface area contributed by atoms with E-state index in [2.05, 4.69) is 74.7 Å². The van der Waals surface area contributed by atoms with Crippen LogP contribution in [-0.2, 0) is 10.8 Å². The van der Waals surface area contributed by atoms with Crippen LogP contribution in [0.3, 0.4) is 0 Å². The highest BCUT2D eigenvalue weighted by molar-refractivity contribution is 6.11. The van der Waals surface area contributed by atoms with E-state index in [-0.39, 0.29) is 35.3 Å². The molecular weight excluding hydrogens is 591 g/mol. The summed E-state index contributed by atoms with van der Waals surface area (Å²) in [5.41, 5.74) is 7.03. The summed E-state index contributed by atoms with van der Waals surface area (Å²) < 4.78 is 87.1. The lowest BCUT2D eigenvalue weighted by Gasteiger charge is -2.32. The molecular formula is C48H41N. The summed E-state index contributed by atoms with van der Waals surface area (Å²) in [5, 5.41) is 1.38. The van der Waals surface area contributed by atoms with E-state index >= 15 is 0 Å². The molecule has 0 aliphatic heterocycles. The number of rotatable bonds is 7. The first-order chi connectivity index (χ1) is 27.9. The van der Waals surface area contributed by atoms with Crippen LogP contribution in [0.5, 0.6) is 0 Å². The Hall–Kier alpha value is -5.66. The molecule has 0 radical (unpaired) electrons. The first-order valence-electron chi connectivity index (χ1n) is 21.5. The summed E-state index contributed by atoms with van der Waals surface area (Å²) >= 11 is 0. The molecule has 238 valence electrons. The van der Waals surface area contributed by atoms with E-state index in [1.54, 1.807) is 12.1 Å². The third kappa shape index (κ3) is 5.46. The van der Waals surface area contributed by atoms with Crippen molar-refractivity contribution in [3.8, 4) is 27.9 Å². The normalized spacial score (nSPS) is 14.9. The summed E-state index contributed by atoms with van der Waals surface area (Å²) in [4.78, 5) is 0. The predicted octanol–water partition coefficient (Wildman–Crippen LogP) is 12.8. The van der Waals surface area contributed by atoms with Crippen LogP contribution in [-0.4, -0.2) is 4.57 Å². The predicted molar refractivity (Wildman–Crippen MR) is 209 cm³/mol. The average molecular weight is 642 g/mol. The molecule has 0 N–H and O–H groups in total. The second-order valence-electron chi connectivity index (χ2n) is 13.5. The van der Waals surface area contributed by atoms with Gasteiger partial charge in [0.2, 0.25) is 0 Å². The highest BCUT2D eigenvalue weighted by Crippen LogP contribution is 2.42. The second kappa shape index (κ2) is 12.1. The monoisotopic (exact) mass is 641 g/mol. The Morgan fingerprint density at radius 1 is 0.408 bits per heavy atom. The van der Waals surface area contributed by atoms with E-state index in [1.807, 2.05) is 60.7 Å². The van der Waals surface area contributed by atoms with Gasteiger partial charge in [-0.25, -0.2) is 0 Å². The molecule has 0 bridgehead atoms. The standard InChI is InChI=1S/C48H41N/c1-47(2,38-21-13-7-14-22-38)40-31-41(48(3,4)39-23-15-8-16-24-39)33-42(32-40)49-45-27-25-36(34-17-9-5-10-18-34)29-43(45)44-30-37(26-28-46(44)49)35-19-11-6-12-20-35/h5-33H,1-4H3/i5D,6D,9D,10D,11D,12D,17D,18D,19D,20D. The van der Waals surface area contributed by atoms with E-state index < -0.39 is 47.1 Å². The maximum Gasteiger partial charge on any atom is 0.0629 e. The Labute approximate surface area is 304 Å². The summed E-state index contributed by atoms with van der Waals surface area (Å²) in [6.45, 7) is 8.85. The van der Waals surface area contributed by atoms with Gasteiger partial charge in [0.1, 0.15) is 0 Å². The number of fused-ring (bicyclic) bond motifs is 3. The Kier molecular flexibility index (Phi) is 5.27. The van der Waals surface area contributed by atoms with Gasteiger partial charge in [0.15, 0.2) is 0 Å². The molecule has 8 rings (SSSR count). The molecule has 1 nitrogen and oxygen atoms in total. The van der Waals surface area contributed by atoms with Gasteiger partial charge in [0.05, 0.1) is 24.7 Å². The number of nitrogens with zero attached hydrogens (tertiary/aromatic N) is 1. The molecule has 1 heterocycles. The molecule has 0 spiro atoms. The van der Waals surface area contributed by atoms with E-state index in [4.69, 9.17) is 13.7 Å². The zero-order chi connectivity index (χ0) is 42.3. The highest BCUT2D eigenvalue weighted by atomic mass is 15.0. The van der Waals surface area contributed by atoms with Crippen LogP contribution < -0.4 is 0 Å². The molecule has 0 atom stereocenters. The van der Waals surface area contributed by atoms with Gasteiger partial charge < -0.3 is 4.57 Å². The molecule has 1 heteroatoms. The Morgan fingerprint density at radius 2 is 0.816 bits per heavy atom. The lowest BCUT2D eigenvalue weighted by molar-refractivity contribution is 0.616. The Morgan fingerprint density at radius 3 is 1.22 bits per heavy atom. The van der Waals surface area contributed by atoms with Crippen molar-refractivity contribution in [3.63, 3.8) is 0 Å². The fourth-order valence-corrected chi connectivity index (χ4v) is 6.91.